The van der Waals surface area contributed by atoms with E-state index in [9.17, 15) is 0 Å². The van der Waals surface area contributed by atoms with Gasteiger partial charge in [-0.15, -0.1) is 0 Å². The molecule has 170 valence electrons. The van der Waals surface area contributed by atoms with E-state index in [0.29, 0.717) is 30.5 Å². The molecule has 0 radical (unpaired) electrons. The lowest BCUT2D eigenvalue weighted by molar-refractivity contribution is 0.0770. The van der Waals surface area contributed by atoms with Gasteiger partial charge in [-0.3, -0.25) is 9.80 Å². The zero-order chi connectivity index (χ0) is 22.1. The number of fused-ring (bicyclic) bond motifs is 2. The van der Waals surface area contributed by atoms with Crippen molar-refractivity contribution in [2.75, 3.05) is 45.2 Å². The van der Waals surface area contributed by atoms with Crippen LogP contribution in [0.3, 0.4) is 0 Å². The van der Waals surface area contributed by atoms with E-state index in [1.54, 1.807) is 7.11 Å². The number of hydrogen-bond donors (Lipinski definition) is 2. The molecule has 2 aliphatic rings. The standard InChI is InChI=1S/C24H32N6O2/c1-4-32-23-19-9-10-25-22(19)27-24(28-23)26-20-8-7-17(14-21(20)31-3)16(2)30-13-12-29-11-5-6-18(29)15-30/h7-10,14,16,18H,4-6,11-13,15H2,1-3H3,(H2,25,26,27,28)/t16-,18+/m0/s1. The summed E-state index contributed by atoms with van der Waals surface area (Å²) in [6.07, 6.45) is 4.50. The maximum atomic E-state index is 5.73. The van der Waals surface area contributed by atoms with Crippen LogP contribution in [0, 0.1) is 0 Å². The second kappa shape index (κ2) is 8.96. The quantitative estimate of drug-likeness (QED) is 0.581. The van der Waals surface area contributed by atoms with Gasteiger partial charge in [0, 0.05) is 37.9 Å². The lowest BCUT2D eigenvalue weighted by atomic mass is 10.0. The van der Waals surface area contributed by atoms with Gasteiger partial charge in [0.2, 0.25) is 11.8 Å². The fraction of sp³-hybridized carbons (Fsp3) is 0.500. The number of ether oxygens (including phenoxy) is 2. The lowest BCUT2D eigenvalue weighted by Gasteiger charge is -2.40. The minimum absolute atomic E-state index is 0.344. The topological polar surface area (TPSA) is 78.5 Å². The number of anilines is 2. The summed E-state index contributed by atoms with van der Waals surface area (Å²) in [5.74, 6) is 1.82. The highest BCUT2D eigenvalue weighted by Crippen LogP contribution is 2.34. The molecule has 8 nitrogen and oxygen atoms in total. The molecule has 8 heteroatoms. The average molecular weight is 437 g/mol. The van der Waals surface area contributed by atoms with Crippen LogP contribution >= 0.6 is 0 Å². The average Bonchev–Trinajstić information content (AvgIpc) is 3.48. The van der Waals surface area contributed by atoms with Crippen LogP contribution in [0.1, 0.15) is 38.3 Å². The third-order valence-electron chi connectivity index (χ3n) is 6.78. The van der Waals surface area contributed by atoms with Gasteiger partial charge in [-0.2, -0.15) is 9.97 Å². The molecule has 0 spiro atoms. The van der Waals surface area contributed by atoms with Crippen molar-refractivity contribution in [2.24, 2.45) is 0 Å². The Morgan fingerprint density at radius 3 is 2.97 bits per heavy atom. The molecule has 2 saturated heterocycles. The van der Waals surface area contributed by atoms with E-state index in [2.05, 4.69) is 55.2 Å². The number of methoxy groups -OCH3 is 1. The van der Waals surface area contributed by atoms with Gasteiger partial charge in [-0.05, 0) is 57.0 Å². The third-order valence-corrected chi connectivity index (χ3v) is 6.78. The highest BCUT2D eigenvalue weighted by molar-refractivity contribution is 5.82. The normalized spacial score (nSPS) is 20.3. The summed E-state index contributed by atoms with van der Waals surface area (Å²) in [5.41, 5.74) is 2.83. The van der Waals surface area contributed by atoms with Gasteiger partial charge in [0.05, 0.1) is 24.8 Å². The molecule has 2 atom stereocenters. The van der Waals surface area contributed by atoms with Crippen molar-refractivity contribution < 1.29 is 9.47 Å². The molecular formula is C24H32N6O2. The number of aromatic nitrogens is 3. The van der Waals surface area contributed by atoms with Crippen LogP contribution in [0.15, 0.2) is 30.5 Å². The molecule has 0 aliphatic carbocycles. The molecule has 2 aromatic heterocycles. The van der Waals surface area contributed by atoms with Gasteiger partial charge in [0.25, 0.3) is 0 Å². The van der Waals surface area contributed by atoms with Gasteiger partial charge in [-0.1, -0.05) is 6.07 Å². The summed E-state index contributed by atoms with van der Waals surface area (Å²) in [6, 6.07) is 9.34. The molecule has 1 aromatic carbocycles. The largest absolute Gasteiger partial charge is 0.495 e. The van der Waals surface area contributed by atoms with Crippen molar-refractivity contribution in [2.45, 2.75) is 38.8 Å². The molecule has 2 N–H and O–H groups in total. The monoisotopic (exact) mass is 436 g/mol. The molecule has 0 amide bonds. The van der Waals surface area contributed by atoms with E-state index >= 15 is 0 Å². The second-order valence-corrected chi connectivity index (χ2v) is 8.61. The van der Waals surface area contributed by atoms with Crippen molar-refractivity contribution >= 4 is 22.7 Å². The summed E-state index contributed by atoms with van der Waals surface area (Å²) in [5, 5.41) is 4.18. The van der Waals surface area contributed by atoms with Crippen molar-refractivity contribution in [3.05, 3.63) is 36.0 Å². The predicted octanol–water partition coefficient (Wildman–Crippen LogP) is 3.95. The van der Waals surface area contributed by atoms with Crippen molar-refractivity contribution in [1.29, 1.82) is 0 Å². The summed E-state index contributed by atoms with van der Waals surface area (Å²) in [7, 11) is 1.70. The van der Waals surface area contributed by atoms with Gasteiger partial charge >= 0.3 is 0 Å². The zero-order valence-electron chi connectivity index (χ0n) is 19.1. The maximum Gasteiger partial charge on any atom is 0.232 e. The number of H-pyrrole nitrogens is 1. The first-order valence-electron chi connectivity index (χ1n) is 11.6. The summed E-state index contributed by atoms with van der Waals surface area (Å²) in [4.78, 5) is 17.5. The fourth-order valence-corrected chi connectivity index (χ4v) is 4.98. The van der Waals surface area contributed by atoms with Crippen LogP contribution in [-0.2, 0) is 0 Å². The van der Waals surface area contributed by atoms with E-state index in [0.717, 1.165) is 35.6 Å². The van der Waals surface area contributed by atoms with Crippen molar-refractivity contribution in [1.82, 2.24) is 24.8 Å². The molecule has 0 unspecified atom stereocenters. The van der Waals surface area contributed by atoms with E-state index in [1.807, 2.05) is 19.2 Å². The minimum atomic E-state index is 0.344. The first kappa shape index (κ1) is 21.0. The van der Waals surface area contributed by atoms with Crippen LogP contribution in [0.5, 0.6) is 11.6 Å². The number of nitrogens with zero attached hydrogens (tertiary/aromatic N) is 4. The fourth-order valence-electron chi connectivity index (χ4n) is 4.98. The molecule has 4 heterocycles. The first-order chi connectivity index (χ1) is 15.7. The number of hydrogen-bond acceptors (Lipinski definition) is 7. The Hall–Kier alpha value is -2.84. The van der Waals surface area contributed by atoms with Crippen LogP contribution in [0.25, 0.3) is 11.0 Å². The Morgan fingerprint density at radius 2 is 2.12 bits per heavy atom. The van der Waals surface area contributed by atoms with Gasteiger partial charge in [0.15, 0.2) is 0 Å². The Bertz CT molecular complexity index is 1080. The summed E-state index contributed by atoms with van der Waals surface area (Å²) < 4.78 is 11.4. The summed E-state index contributed by atoms with van der Waals surface area (Å²) >= 11 is 0. The highest BCUT2D eigenvalue weighted by atomic mass is 16.5. The third kappa shape index (κ3) is 4.00. The Morgan fingerprint density at radius 1 is 1.22 bits per heavy atom. The molecule has 5 rings (SSSR count). The highest BCUT2D eigenvalue weighted by Gasteiger charge is 2.32. The molecule has 2 fully saturated rings. The minimum Gasteiger partial charge on any atom is -0.495 e. The first-order valence-corrected chi connectivity index (χ1v) is 11.6. The number of rotatable bonds is 7. The number of aromatic amines is 1. The maximum absolute atomic E-state index is 5.73. The van der Waals surface area contributed by atoms with E-state index in [1.165, 1.54) is 31.5 Å². The predicted molar refractivity (Wildman–Crippen MR) is 126 cm³/mol. The van der Waals surface area contributed by atoms with E-state index in [4.69, 9.17) is 9.47 Å². The molecule has 3 aromatic rings. The van der Waals surface area contributed by atoms with Crippen LogP contribution < -0.4 is 14.8 Å². The molecule has 0 saturated carbocycles. The van der Waals surface area contributed by atoms with E-state index in [-0.39, 0.29) is 0 Å². The Balaban J connectivity index is 1.36. The van der Waals surface area contributed by atoms with Gasteiger partial charge in [-0.25, -0.2) is 0 Å². The van der Waals surface area contributed by atoms with Crippen LogP contribution in [0.2, 0.25) is 0 Å². The number of piperazine rings is 1. The number of nitrogens with one attached hydrogen (secondary N) is 2. The molecule has 0 bridgehead atoms. The second-order valence-electron chi connectivity index (χ2n) is 8.61. The lowest BCUT2D eigenvalue weighted by Crippen LogP contribution is -2.50. The smallest absolute Gasteiger partial charge is 0.232 e. The Labute approximate surface area is 188 Å². The van der Waals surface area contributed by atoms with Crippen molar-refractivity contribution in [3.63, 3.8) is 0 Å². The molecular weight excluding hydrogens is 404 g/mol. The SMILES string of the molecule is CCOc1nc(Nc2ccc([C@H](C)N3CCN4CCC[C@@H]4C3)cc2OC)nc2[nH]ccc12. The van der Waals surface area contributed by atoms with Crippen molar-refractivity contribution in [3.8, 4) is 11.6 Å². The van der Waals surface area contributed by atoms with Crippen LogP contribution in [0.4, 0.5) is 11.6 Å². The van der Waals surface area contributed by atoms with Crippen LogP contribution in [-0.4, -0.2) is 70.7 Å². The van der Waals surface area contributed by atoms with E-state index < -0.39 is 0 Å². The number of benzene rings is 1. The van der Waals surface area contributed by atoms with Gasteiger partial charge < -0.3 is 19.8 Å². The zero-order valence-corrected chi connectivity index (χ0v) is 19.1. The molecule has 2 aliphatic heterocycles. The Kier molecular flexibility index (Phi) is 5.89. The summed E-state index contributed by atoms with van der Waals surface area (Å²) in [6.45, 7) is 9.49. The van der Waals surface area contributed by atoms with Gasteiger partial charge in [0.1, 0.15) is 11.4 Å². The molecule has 32 heavy (non-hydrogen) atoms.